The molecule has 2 aliphatic rings. The minimum absolute atomic E-state index is 0.201. The van der Waals surface area contributed by atoms with Crippen molar-refractivity contribution in [1.29, 1.82) is 5.26 Å². The molecule has 0 atom stereocenters. The van der Waals surface area contributed by atoms with Crippen LogP contribution < -0.4 is 11.3 Å². The van der Waals surface area contributed by atoms with Gasteiger partial charge in [0.2, 0.25) is 0 Å². The first-order valence-corrected chi connectivity index (χ1v) is 9.66. The molecule has 0 bridgehead atoms. The summed E-state index contributed by atoms with van der Waals surface area (Å²) in [5.41, 5.74) is 2.04. The second-order valence-corrected chi connectivity index (χ2v) is 7.43. The van der Waals surface area contributed by atoms with Crippen LogP contribution in [-0.2, 0) is 4.79 Å². The van der Waals surface area contributed by atoms with E-state index in [2.05, 4.69) is 21.7 Å². The second-order valence-electron chi connectivity index (χ2n) is 7.43. The largest absolute Gasteiger partial charge is 0.300 e. The molecular weight excluding hydrogens is 314 g/mol. The van der Waals surface area contributed by atoms with Crippen molar-refractivity contribution in [2.24, 2.45) is 16.1 Å². The predicted molar refractivity (Wildman–Crippen MR) is 102 cm³/mol. The molecule has 0 aromatic carbocycles. The third-order valence-corrected chi connectivity index (χ3v) is 4.11. The Hall–Kier alpha value is -1.32. The monoisotopic (exact) mass is 351 g/mol. The van der Waals surface area contributed by atoms with Crippen LogP contribution in [0.3, 0.4) is 0 Å². The Morgan fingerprint density at radius 3 is 1.84 bits per heavy atom. The molecule has 6 heteroatoms. The summed E-state index contributed by atoms with van der Waals surface area (Å²) in [7, 11) is 0. The smallest absolute Gasteiger partial charge is 0.167 e. The van der Waals surface area contributed by atoms with E-state index in [0.29, 0.717) is 11.8 Å². The third kappa shape index (κ3) is 12.7. The maximum absolute atomic E-state index is 10.5. The van der Waals surface area contributed by atoms with Gasteiger partial charge in [0.25, 0.3) is 0 Å². The molecular formula is C19H37N5O. The SMILES string of the molecule is CC(C)N=NC1(C#N)CCCCC1.CC(C)NN.O=C1CCCCC1. The van der Waals surface area contributed by atoms with E-state index in [1.165, 1.54) is 12.8 Å². The number of azo groups is 1. The molecule has 0 heterocycles. The molecule has 0 aromatic rings. The molecule has 0 spiro atoms. The van der Waals surface area contributed by atoms with E-state index in [-0.39, 0.29) is 6.04 Å². The van der Waals surface area contributed by atoms with Crippen molar-refractivity contribution in [3.63, 3.8) is 0 Å². The van der Waals surface area contributed by atoms with Crippen LogP contribution in [0.15, 0.2) is 10.2 Å². The average molecular weight is 352 g/mol. The van der Waals surface area contributed by atoms with E-state index in [0.717, 1.165) is 51.4 Å². The van der Waals surface area contributed by atoms with E-state index in [9.17, 15) is 4.79 Å². The van der Waals surface area contributed by atoms with Crippen LogP contribution in [-0.4, -0.2) is 23.4 Å². The predicted octanol–water partition coefficient (Wildman–Crippen LogP) is 4.45. The van der Waals surface area contributed by atoms with Gasteiger partial charge in [-0.15, -0.1) is 0 Å². The zero-order valence-electron chi connectivity index (χ0n) is 16.6. The lowest BCUT2D eigenvalue weighted by atomic mass is 9.84. The number of hydrogen-bond acceptors (Lipinski definition) is 6. The zero-order valence-corrected chi connectivity index (χ0v) is 16.6. The lowest BCUT2D eigenvalue weighted by molar-refractivity contribution is -0.120. The number of rotatable bonds is 3. The molecule has 6 nitrogen and oxygen atoms in total. The van der Waals surface area contributed by atoms with Crippen molar-refractivity contribution >= 4 is 5.78 Å². The minimum atomic E-state index is -0.484. The zero-order chi connectivity index (χ0) is 19.1. The fourth-order valence-corrected chi connectivity index (χ4v) is 2.54. The van der Waals surface area contributed by atoms with Crippen molar-refractivity contribution in [1.82, 2.24) is 5.43 Å². The van der Waals surface area contributed by atoms with Gasteiger partial charge in [-0.3, -0.25) is 16.1 Å². The van der Waals surface area contributed by atoms with Gasteiger partial charge in [-0.1, -0.05) is 12.8 Å². The van der Waals surface area contributed by atoms with Crippen LogP contribution in [0.1, 0.15) is 91.9 Å². The number of carbonyl (C=O) groups is 1. The molecule has 0 unspecified atom stereocenters. The van der Waals surface area contributed by atoms with Gasteiger partial charge in [0.05, 0.1) is 12.1 Å². The standard InChI is InChI=1S/C10H17N3.C6H10O.C3H10N2/c1-9(2)12-13-10(8-11)6-4-3-5-7-10;7-6-4-2-1-3-5-6;1-3(2)5-4/h9H,3-7H2,1-2H3;1-5H2;3,5H,4H2,1-2H3. The Bertz CT molecular complexity index is 412. The summed E-state index contributed by atoms with van der Waals surface area (Å²) in [5, 5.41) is 17.3. The number of hydrazine groups is 1. The van der Waals surface area contributed by atoms with Crippen molar-refractivity contribution in [3.8, 4) is 6.07 Å². The van der Waals surface area contributed by atoms with Crippen LogP contribution in [0.2, 0.25) is 0 Å². The highest BCUT2D eigenvalue weighted by Crippen LogP contribution is 2.31. The Morgan fingerprint density at radius 1 is 1.04 bits per heavy atom. The van der Waals surface area contributed by atoms with E-state index >= 15 is 0 Å². The number of nitrogens with one attached hydrogen (secondary N) is 1. The topological polar surface area (TPSA) is 104 Å². The molecule has 0 radical (unpaired) electrons. The number of hydrogen-bond donors (Lipinski definition) is 2. The highest BCUT2D eigenvalue weighted by Gasteiger charge is 2.31. The Labute approximate surface area is 153 Å². The van der Waals surface area contributed by atoms with Gasteiger partial charge in [0.15, 0.2) is 5.54 Å². The maximum atomic E-state index is 10.5. The summed E-state index contributed by atoms with van der Waals surface area (Å²) in [6, 6.07) is 2.93. The second kappa shape index (κ2) is 13.9. The lowest BCUT2D eigenvalue weighted by Gasteiger charge is -2.25. The van der Waals surface area contributed by atoms with Crippen molar-refractivity contribution in [3.05, 3.63) is 0 Å². The van der Waals surface area contributed by atoms with Gasteiger partial charge in [0, 0.05) is 18.9 Å². The average Bonchev–Trinajstić information content (AvgIpc) is 2.62. The summed E-state index contributed by atoms with van der Waals surface area (Å²) < 4.78 is 0. The normalized spacial score (nSPS) is 19.7. The molecule has 144 valence electrons. The highest BCUT2D eigenvalue weighted by molar-refractivity contribution is 5.78. The van der Waals surface area contributed by atoms with Crippen LogP contribution >= 0.6 is 0 Å². The quantitative estimate of drug-likeness (QED) is 0.445. The summed E-state index contributed by atoms with van der Waals surface area (Å²) in [6.45, 7) is 7.94. The van der Waals surface area contributed by atoms with E-state index < -0.39 is 5.54 Å². The molecule has 0 aromatic heterocycles. The Balaban J connectivity index is 0.000000401. The van der Waals surface area contributed by atoms with Crippen molar-refractivity contribution in [2.75, 3.05) is 0 Å². The van der Waals surface area contributed by atoms with Gasteiger partial charge in [-0.25, -0.2) is 0 Å². The number of carbonyl (C=O) groups excluding carboxylic acids is 1. The molecule has 25 heavy (non-hydrogen) atoms. The number of Topliss-reactive ketones (excluding diaryl/α,β-unsaturated/α-hetero) is 1. The first-order chi connectivity index (χ1) is 11.8. The first-order valence-electron chi connectivity index (χ1n) is 9.66. The third-order valence-electron chi connectivity index (χ3n) is 4.11. The number of ketones is 1. The molecule has 3 N–H and O–H groups in total. The van der Waals surface area contributed by atoms with Gasteiger partial charge in [-0.2, -0.15) is 15.5 Å². The molecule has 2 aliphatic carbocycles. The maximum Gasteiger partial charge on any atom is 0.167 e. The van der Waals surface area contributed by atoms with Crippen LogP contribution in [0.5, 0.6) is 0 Å². The number of nitriles is 1. The van der Waals surface area contributed by atoms with Gasteiger partial charge >= 0.3 is 0 Å². The van der Waals surface area contributed by atoms with Gasteiger partial charge in [0.1, 0.15) is 5.78 Å². The number of nitrogens with two attached hydrogens (primary N) is 1. The van der Waals surface area contributed by atoms with Gasteiger partial charge < -0.3 is 0 Å². The fraction of sp³-hybridized carbons (Fsp3) is 0.895. The Kier molecular flexibility index (Phi) is 13.2. The molecule has 0 saturated heterocycles. The molecule has 2 saturated carbocycles. The van der Waals surface area contributed by atoms with Gasteiger partial charge in [-0.05, 0) is 66.2 Å². The lowest BCUT2D eigenvalue weighted by Crippen LogP contribution is -2.29. The summed E-state index contributed by atoms with van der Waals surface area (Å²) in [6.07, 6.45) is 10.5. The van der Waals surface area contributed by atoms with Crippen molar-refractivity contribution in [2.45, 2.75) is 110 Å². The summed E-state index contributed by atoms with van der Waals surface area (Å²) in [4.78, 5) is 10.5. The minimum Gasteiger partial charge on any atom is -0.300 e. The molecule has 2 rings (SSSR count). The molecule has 2 fully saturated rings. The fourth-order valence-electron chi connectivity index (χ4n) is 2.54. The molecule has 0 aliphatic heterocycles. The van der Waals surface area contributed by atoms with Crippen molar-refractivity contribution < 1.29 is 4.79 Å². The van der Waals surface area contributed by atoms with Crippen LogP contribution in [0.4, 0.5) is 0 Å². The molecule has 0 amide bonds. The van der Waals surface area contributed by atoms with E-state index in [1.54, 1.807) is 0 Å². The number of nitrogens with zero attached hydrogens (tertiary/aromatic N) is 3. The summed E-state index contributed by atoms with van der Waals surface area (Å²) in [5.74, 6) is 5.39. The highest BCUT2D eigenvalue weighted by atomic mass is 16.1. The first kappa shape index (κ1) is 23.7. The van der Waals surface area contributed by atoms with E-state index in [1.807, 2.05) is 27.7 Å². The van der Waals surface area contributed by atoms with Crippen LogP contribution in [0, 0.1) is 11.3 Å². The van der Waals surface area contributed by atoms with E-state index in [4.69, 9.17) is 11.1 Å². The van der Waals surface area contributed by atoms with Crippen LogP contribution in [0.25, 0.3) is 0 Å². The summed E-state index contributed by atoms with van der Waals surface area (Å²) >= 11 is 0. The Morgan fingerprint density at radius 2 is 1.52 bits per heavy atom.